The van der Waals surface area contributed by atoms with Crippen LogP contribution in [-0.4, -0.2) is 22.5 Å². The fraction of sp³-hybridized carbons (Fsp3) is 0.176. The summed E-state index contributed by atoms with van der Waals surface area (Å²) in [5.41, 5.74) is 3.27. The minimum Gasteiger partial charge on any atom is -0.449 e. The fourth-order valence-corrected chi connectivity index (χ4v) is 2.46. The van der Waals surface area contributed by atoms with Crippen LogP contribution in [0.4, 0.5) is 9.59 Å². The Bertz CT molecular complexity index is 579. The Morgan fingerprint density at radius 3 is 1.36 bits per heavy atom. The van der Waals surface area contributed by atoms with E-state index in [0.717, 1.165) is 0 Å². The highest BCUT2D eigenvalue weighted by atomic mass is 16.7. The van der Waals surface area contributed by atoms with E-state index in [0.29, 0.717) is 5.41 Å². The zero-order chi connectivity index (χ0) is 16.0. The van der Waals surface area contributed by atoms with E-state index in [1.54, 1.807) is 0 Å². The third-order valence-electron chi connectivity index (χ3n) is 3.58. The highest BCUT2D eigenvalue weighted by Gasteiger charge is 2.45. The van der Waals surface area contributed by atoms with Crippen molar-refractivity contribution in [1.82, 2.24) is 0 Å². The molecule has 1 aliphatic carbocycles. The van der Waals surface area contributed by atoms with Crippen molar-refractivity contribution in [3.8, 4) is 0 Å². The molecule has 0 heterocycles. The summed E-state index contributed by atoms with van der Waals surface area (Å²) < 4.78 is 3.08. The monoisotopic (exact) mass is 300 g/mol. The maximum absolute atomic E-state index is 9.21. The molecule has 0 aromatic heterocycles. The summed E-state index contributed by atoms with van der Waals surface area (Å²) in [5.74, 6) is 0. The van der Waals surface area contributed by atoms with Crippen LogP contribution < -0.4 is 0 Å². The lowest BCUT2D eigenvalue weighted by Gasteiger charge is -2.15. The van der Waals surface area contributed by atoms with Crippen LogP contribution in [0.25, 0.3) is 0 Å². The zero-order valence-electron chi connectivity index (χ0n) is 11.8. The first-order valence-corrected chi connectivity index (χ1v) is 6.79. The average Bonchev–Trinajstić information content (AvgIpc) is 3.30. The summed E-state index contributed by atoms with van der Waals surface area (Å²) in [6.07, 6.45) is -1.04. The lowest BCUT2D eigenvalue weighted by Crippen LogP contribution is -2.07. The molecular weight excluding hydrogens is 284 g/mol. The van der Waals surface area contributed by atoms with E-state index in [4.69, 9.17) is 10.2 Å². The van der Waals surface area contributed by atoms with Crippen molar-refractivity contribution in [2.24, 2.45) is 0 Å². The predicted molar refractivity (Wildman–Crippen MR) is 80.0 cm³/mol. The van der Waals surface area contributed by atoms with Crippen molar-refractivity contribution in [1.29, 1.82) is 0 Å². The van der Waals surface area contributed by atoms with Gasteiger partial charge in [-0.3, -0.25) is 0 Å². The topological polar surface area (TPSA) is 83.8 Å². The van der Waals surface area contributed by atoms with E-state index in [1.807, 2.05) is 0 Å². The number of carboxylic acid groups (broad SMARTS) is 2. The SMILES string of the molecule is O=C(O)OC(=O)O.c1ccc(C2(c3ccccc3)CC2)cc1. The van der Waals surface area contributed by atoms with Gasteiger partial charge in [0.2, 0.25) is 0 Å². The molecule has 2 aromatic carbocycles. The molecular formula is C17H16O5. The summed E-state index contributed by atoms with van der Waals surface area (Å²) in [7, 11) is 0. The van der Waals surface area contributed by atoms with Crippen molar-refractivity contribution >= 4 is 12.3 Å². The standard InChI is InChI=1S/C15H14.C2H2O5/c1-3-7-13(8-4-1)15(11-12-15)14-9-5-2-6-10-14;3-1(4)7-2(5)6/h1-10H,11-12H2;(H,3,4)(H,5,6). The van der Waals surface area contributed by atoms with E-state index in [-0.39, 0.29) is 0 Å². The first-order chi connectivity index (χ1) is 10.5. The number of hydrogen-bond donors (Lipinski definition) is 2. The molecule has 5 nitrogen and oxygen atoms in total. The van der Waals surface area contributed by atoms with Crippen LogP contribution in [-0.2, 0) is 10.2 Å². The van der Waals surface area contributed by atoms with Gasteiger partial charge in [0, 0.05) is 5.41 Å². The predicted octanol–water partition coefficient (Wildman–Crippen LogP) is 4.13. The second-order valence-corrected chi connectivity index (χ2v) is 4.95. The summed E-state index contributed by atoms with van der Waals surface area (Å²) >= 11 is 0. The fourth-order valence-electron chi connectivity index (χ4n) is 2.46. The van der Waals surface area contributed by atoms with Gasteiger partial charge in [0.25, 0.3) is 0 Å². The summed E-state index contributed by atoms with van der Waals surface area (Å²) in [4.78, 5) is 18.4. The van der Waals surface area contributed by atoms with Crippen LogP contribution in [0.15, 0.2) is 60.7 Å². The number of rotatable bonds is 2. The van der Waals surface area contributed by atoms with Gasteiger partial charge in [-0.15, -0.1) is 0 Å². The third-order valence-corrected chi connectivity index (χ3v) is 3.58. The van der Waals surface area contributed by atoms with Crippen molar-refractivity contribution in [3.63, 3.8) is 0 Å². The van der Waals surface area contributed by atoms with Crippen LogP contribution in [0, 0.1) is 0 Å². The van der Waals surface area contributed by atoms with Gasteiger partial charge in [-0.1, -0.05) is 60.7 Å². The molecule has 0 unspecified atom stereocenters. The second-order valence-electron chi connectivity index (χ2n) is 4.95. The van der Waals surface area contributed by atoms with Crippen LogP contribution in [0.3, 0.4) is 0 Å². The molecule has 3 rings (SSSR count). The summed E-state index contributed by atoms with van der Waals surface area (Å²) in [5, 5.41) is 15.0. The Balaban J connectivity index is 0.000000217. The van der Waals surface area contributed by atoms with Gasteiger partial charge in [-0.25, -0.2) is 9.59 Å². The average molecular weight is 300 g/mol. The smallest absolute Gasteiger partial charge is 0.449 e. The zero-order valence-corrected chi connectivity index (χ0v) is 11.8. The van der Waals surface area contributed by atoms with E-state index in [9.17, 15) is 9.59 Å². The Hall–Kier alpha value is -2.82. The van der Waals surface area contributed by atoms with Gasteiger partial charge in [0.1, 0.15) is 0 Å². The molecule has 0 radical (unpaired) electrons. The molecule has 0 amide bonds. The van der Waals surface area contributed by atoms with E-state index < -0.39 is 12.3 Å². The largest absolute Gasteiger partial charge is 0.516 e. The Kier molecular flexibility index (Phi) is 4.78. The van der Waals surface area contributed by atoms with Gasteiger partial charge < -0.3 is 14.9 Å². The number of ether oxygens (including phenoxy) is 1. The van der Waals surface area contributed by atoms with Crippen LogP contribution in [0.1, 0.15) is 24.0 Å². The highest BCUT2D eigenvalue weighted by molar-refractivity contribution is 5.74. The van der Waals surface area contributed by atoms with Gasteiger partial charge in [0.05, 0.1) is 0 Å². The van der Waals surface area contributed by atoms with Crippen LogP contribution in [0.2, 0.25) is 0 Å². The van der Waals surface area contributed by atoms with Gasteiger partial charge in [-0.05, 0) is 24.0 Å². The number of benzene rings is 2. The van der Waals surface area contributed by atoms with Gasteiger partial charge in [-0.2, -0.15) is 0 Å². The quantitative estimate of drug-likeness (QED) is 0.643. The van der Waals surface area contributed by atoms with Crippen molar-refractivity contribution in [2.75, 3.05) is 0 Å². The number of hydrogen-bond acceptors (Lipinski definition) is 3. The number of carbonyl (C=O) groups is 2. The molecule has 0 bridgehead atoms. The molecule has 0 spiro atoms. The molecule has 1 fully saturated rings. The third kappa shape index (κ3) is 3.85. The van der Waals surface area contributed by atoms with Crippen molar-refractivity contribution < 1.29 is 24.5 Å². The van der Waals surface area contributed by atoms with E-state index in [1.165, 1.54) is 24.0 Å². The summed E-state index contributed by atoms with van der Waals surface area (Å²) in [6, 6.07) is 21.7. The Morgan fingerprint density at radius 1 is 0.773 bits per heavy atom. The molecule has 1 aliphatic rings. The maximum Gasteiger partial charge on any atom is 0.516 e. The molecule has 0 saturated heterocycles. The Morgan fingerprint density at radius 2 is 1.14 bits per heavy atom. The molecule has 114 valence electrons. The lowest BCUT2D eigenvalue weighted by molar-refractivity contribution is 0.0802. The molecule has 0 aliphatic heterocycles. The first-order valence-electron chi connectivity index (χ1n) is 6.79. The van der Waals surface area contributed by atoms with Gasteiger partial charge >= 0.3 is 12.3 Å². The van der Waals surface area contributed by atoms with Gasteiger partial charge in [0.15, 0.2) is 0 Å². The minimum atomic E-state index is -1.81. The molecule has 1 saturated carbocycles. The van der Waals surface area contributed by atoms with E-state index >= 15 is 0 Å². The Labute approximate surface area is 127 Å². The van der Waals surface area contributed by atoms with E-state index in [2.05, 4.69) is 65.4 Å². The second kappa shape index (κ2) is 6.76. The molecule has 22 heavy (non-hydrogen) atoms. The normalized spacial score (nSPS) is 14.2. The minimum absolute atomic E-state index is 0.336. The molecule has 5 heteroatoms. The maximum atomic E-state index is 9.21. The summed E-state index contributed by atoms with van der Waals surface area (Å²) in [6.45, 7) is 0. The molecule has 2 aromatic rings. The lowest BCUT2D eigenvalue weighted by atomic mass is 9.88. The van der Waals surface area contributed by atoms with Crippen LogP contribution >= 0.6 is 0 Å². The highest BCUT2D eigenvalue weighted by Crippen LogP contribution is 2.53. The first kappa shape index (κ1) is 15.6. The van der Waals surface area contributed by atoms with Crippen molar-refractivity contribution in [2.45, 2.75) is 18.3 Å². The molecule has 2 N–H and O–H groups in total. The molecule has 0 atom stereocenters. The van der Waals surface area contributed by atoms with Crippen molar-refractivity contribution in [3.05, 3.63) is 71.8 Å². The van der Waals surface area contributed by atoms with Crippen LogP contribution in [0.5, 0.6) is 0 Å².